The first-order chi connectivity index (χ1) is 15.2. The second kappa shape index (κ2) is 8.20. The van der Waals surface area contributed by atoms with Gasteiger partial charge in [-0.3, -0.25) is 9.59 Å². The van der Waals surface area contributed by atoms with E-state index in [0.29, 0.717) is 29.7 Å². The van der Waals surface area contributed by atoms with Gasteiger partial charge in [-0.15, -0.1) is 0 Å². The second-order valence-corrected chi connectivity index (χ2v) is 8.52. The molecule has 8 heteroatoms. The van der Waals surface area contributed by atoms with Crippen molar-refractivity contribution in [3.63, 3.8) is 0 Å². The van der Waals surface area contributed by atoms with E-state index in [4.69, 9.17) is 0 Å². The number of aliphatic hydroxyl groups is 1. The van der Waals surface area contributed by atoms with E-state index in [2.05, 4.69) is 0 Å². The van der Waals surface area contributed by atoms with E-state index in [-0.39, 0.29) is 23.6 Å². The van der Waals surface area contributed by atoms with E-state index in [0.717, 1.165) is 5.56 Å². The molecule has 0 unspecified atom stereocenters. The van der Waals surface area contributed by atoms with Gasteiger partial charge in [-0.2, -0.15) is 4.57 Å². The summed E-state index contributed by atoms with van der Waals surface area (Å²) in [6.45, 7) is 2.09. The third-order valence-electron chi connectivity index (χ3n) is 6.10. The Kier molecular flexibility index (Phi) is 5.56. The standard InChI is InChI=1S/C24H25N3O5/c1-14(28)20-19-11-18(21(24(31)32)27(19)23(20)30)16-8-6-15(7-9-16)12-26-10-4-5-17(13-26)22(29)25(2)3/h4-10,13-14,19-20,28H,11-12H2,1-3H3/t14-,19-,20-/m1/s1. The molecule has 2 aromatic rings. The Hall–Kier alpha value is -3.52. The number of carbonyl (C=O) groups is 3. The van der Waals surface area contributed by atoms with Gasteiger partial charge in [0.1, 0.15) is 5.56 Å². The summed E-state index contributed by atoms with van der Waals surface area (Å²) in [5.41, 5.74) is 2.72. The molecule has 166 valence electrons. The quantitative estimate of drug-likeness (QED) is 0.500. The Labute approximate surface area is 186 Å². The van der Waals surface area contributed by atoms with Crippen LogP contribution in [0.15, 0.2) is 54.5 Å². The molecule has 0 bridgehead atoms. The van der Waals surface area contributed by atoms with Gasteiger partial charge in [0.25, 0.3) is 5.91 Å². The fourth-order valence-corrected chi connectivity index (χ4v) is 4.54. The van der Waals surface area contributed by atoms with Crippen molar-refractivity contribution in [3.05, 3.63) is 71.2 Å². The Morgan fingerprint density at radius 3 is 2.53 bits per heavy atom. The van der Waals surface area contributed by atoms with Crippen LogP contribution in [0.1, 0.15) is 34.8 Å². The van der Waals surface area contributed by atoms with E-state index in [1.807, 2.05) is 41.1 Å². The van der Waals surface area contributed by atoms with Gasteiger partial charge in [0.15, 0.2) is 18.9 Å². The molecule has 3 atom stereocenters. The minimum atomic E-state index is -1.39. The van der Waals surface area contributed by atoms with Crippen LogP contribution in [0.25, 0.3) is 5.57 Å². The number of β-lactam (4-membered cyclic amide) rings is 1. The van der Waals surface area contributed by atoms with Crippen LogP contribution in [0.2, 0.25) is 0 Å². The van der Waals surface area contributed by atoms with E-state index in [1.54, 1.807) is 33.3 Å². The largest absolute Gasteiger partial charge is 0.543 e. The van der Waals surface area contributed by atoms with Crippen LogP contribution in [0, 0.1) is 5.92 Å². The molecule has 1 N–H and O–H groups in total. The summed E-state index contributed by atoms with van der Waals surface area (Å²) in [6.07, 6.45) is 3.20. The summed E-state index contributed by atoms with van der Waals surface area (Å²) in [7, 11) is 3.41. The maximum absolute atomic E-state index is 12.4. The number of benzene rings is 1. The van der Waals surface area contributed by atoms with Crippen molar-refractivity contribution in [2.75, 3.05) is 14.1 Å². The third kappa shape index (κ3) is 3.67. The van der Waals surface area contributed by atoms with E-state index < -0.39 is 18.0 Å². The Morgan fingerprint density at radius 2 is 1.94 bits per heavy atom. The molecule has 4 rings (SSSR count). The molecule has 32 heavy (non-hydrogen) atoms. The number of hydrogen-bond acceptors (Lipinski definition) is 5. The molecule has 0 spiro atoms. The van der Waals surface area contributed by atoms with Crippen molar-refractivity contribution < 1.29 is 29.2 Å². The molecule has 2 aliphatic heterocycles. The van der Waals surface area contributed by atoms with Crippen molar-refractivity contribution in [2.24, 2.45) is 5.92 Å². The number of aliphatic hydroxyl groups excluding tert-OH is 1. The van der Waals surface area contributed by atoms with Crippen LogP contribution in [-0.4, -0.2) is 58.9 Å². The normalized spacial score (nSPS) is 20.6. The minimum absolute atomic E-state index is 0.0765. The van der Waals surface area contributed by atoms with Crippen LogP contribution in [0.3, 0.4) is 0 Å². The van der Waals surface area contributed by atoms with Crippen LogP contribution in [0.4, 0.5) is 0 Å². The number of amides is 2. The molecular formula is C24H25N3O5. The van der Waals surface area contributed by atoms with Gasteiger partial charge in [0.05, 0.1) is 29.7 Å². The number of nitrogens with zero attached hydrogens (tertiary/aromatic N) is 3. The lowest BCUT2D eigenvalue weighted by Crippen LogP contribution is -2.62. The van der Waals surface area contributed by atoms with Crippen molar-refractivity contribution in [3.8, 4) is 0 Å². The van der Waals surface area contributed by atoms with Gasteiger partial charge in [0, 0.05) is 25.7 Å². The summed E-state index contributed by atoms with van der Waals surface area (Å²) >= 11 is 0. The lowest BCUT2D eigenvalue weighted by atomic mass is 9.82. The predicted molar refractivity (Wildman–Crippen MR) is 113 cm³/mol. The molecule has 1 aromatic heterocycles. The Morgan fingerprint density at radius 1 is 1.25 bits per heavy atom. The van der Waals surface area contributed by atoms with E-state index in [9.17, 15) is 24.6 Å². The number of hydrogen-bond donors (Lipinski definition) is 1. The van der Waals surface area contributed by atoms with Crippen LogP contribution in [-0.2, 0) is 16.1 Å². The number of aliphatic carboxylic acids is 1. The van der Waals surface area contributed by atoms with Crippen molar-refractivity contribution in [1.29, 1.82) is 0 Å². The van der Waals surface area contributed by atoms with Crippen LogP contribution in [0.5, 0.6) is 0 Å². The Bertz CT molecular complexity index is 1120. The average molecular weight is 435 g/mol. The van der Waals surface area contributed by atoms with Gasteiger partial charge in [0.2, 0.25) is 5.91 Å². The maximum Gasteiger partial charge on any atom is 0.259 e. The number of carbonyl (C=O) groups excluding carboxylic acids is 3. The van der Waals surface area contributed by atoms with E-state index in [1.165, 1.54) is 9.80 Å². The zero-order valence-electron chi connectivity index (χ0n) is 18.2. The van der Waals surface area contributed by atoms with Crippen molar-refractivity contribution in [1.82, 2.24) is 9.80 Å². The van der Waals surface area contributed by atoms with Gasteiger partial charge in [-0.1, -0.05) is 24.3 Å². The van der Waals surface area contributed by atoms with Crippen LogP contribution < -0.4 is 9.67 Å². The number of carboxylic acid groups (broad SMARTS) is 1. The molecular weight excluding hydrogens is 410 g/mol. The molecule has 1 aromatic carbocycles. The molecule has 0 saturated carbocycles. The number of aromatic nitrogens is 1. The molecule has 1 fully saturated rings. The first-order valence-electron chi connectivity index (χ1n) is 10.4. The van der Waals surface area contributed by atoms with Crippen molar-refractivity contribution >= 4 is 23.4 Å². The SMILES string of the molecule is C[C@@H](O)[C@H]1C(=O)N2C(C(=O)[O-])=C(c3ccc(C[n+]4cccc(C(=O)N(C)C)c4)cc3)C[C@H]12. The molecule has 0 radical (unpaired) electrons. The highest BCUT2D eigenvalue weighted by Gasteiger charge is 2.55. The summed E-state index contributed by atoms with van der Waals surface area (Å²) in [6, 6.07) is 10.7. The number of fused-ring (bicyclic) bond motifs is 1. The van der Waals surface area contributed by atoms with Gasteiger partial charge < -0.3 is 24.8 Å². The van der Waals surface area contributed by atoms with E-state index >= 15 is 0 Å². The average Bonchev–Trinajstić information content (AvgIpc) is 3.09. The highest BCUT2D eigenvalue weighted by atomic mass is 16.4. The lowest BCUT2D eigenvalue weighted by Gasteiger charge is -2.45. The fraction of sp³-hybridized carbons (Fsp3) is 0.333. The molecule has 2 amide bonds. The highest BCUT2D eigenvalue weighted by Crippen LogP contribution is 2.46. The molecule has 8 nitrogen and oxygen atoms in total. The molecule has 3 heterocycles. The maximum atomic E-state index is 12.4. The molecule has 0 aliphatic carbocycles. The highest BCUT2D eigenvalue weighted by molar-refractivity contribution is 6.05. The zero-order chi connectivity index (χ0) is 23.2. The van der Waals surface area contributed by atoms with Crippen LogP contribution >= 0.6 is 0 Å². The minimum Gasteiger partial charge on any atom is -0.543 e. The third-order valence-corrected chi connectivity index (χ3v) is 6.10. The molecule has 2 aliphatic rings. The summed E-state index contributed by atoms with van der Waals surface area (Å²) in [5, 5.41) is 21.7. The number of rotatable bonds is 6. The van der Waals surface area contributed by atoms with Gasteiger partial charge in [-0.05, 0) is 30.5 Å². The smallest absolute Gasteiger partial charge is 0.259 e. The fourth-order valence-electron chi connectivity index (χ4n) is 4.54. The molecule has 1 saturated heterocycles. The number of pyridine rings is 1. The zero-order valence-corrected chi connectivity index (χ0v) is 18.2. The predicted octanol–water partition coefficient (Wildman–Crippen LogP) is -0.203. The lowest BCUT2D eigenvalue weighted by molar-refractivity contribution is -0.688. The second-order valence-electron chi connectivity index (χ2n) is 8.52. The summed E-state index contributed by atoms with van der Waals surface area (Å²) in [5.74, 6) is -2.43. The summed E-state index contributed by atoms with van der Waals surface area (Å²) < 4.78 is 1.91. The first kappa shape index (κ1) is 21.7. The Balaban J connectivity index is 1.56. The topological polar surface area (TPSA) is 105 Å². The van der Waals surface area contributed by atoms with Gasteiger partial charge >= 0.3 is 0 Å². The van der Waals surface area contributed by atoms with Gasteiger partial charge in [-0.25, -0.2) is 0 Å². The van der Waals surface area contributed by atoms with Crippen molar-refractivity contribution in [2.45, 2.75) is 32.0 Å². The first-order valence-corrected chi connectivity index (χ1v) is 10.4. The monoisotopic (exact) mass is 435 g/mol. The summed E-state index contributed by atoms with van der Waals surface area (Å²) in [4.78, 5) is 39.1. The number of carboxylic acids is 1.